The number of carboxylic acids is 1. The molecule has 1 saturated carbocycles. The molecule has 0 saturated heterocycles. The van der Waals surface area contributed by atoms with Crippen molar-refractivity contribution < 1.29 is 19.8 Å². The van der Waals surface area contributed by atoms with E-state index in [1.165, 1.54) is 5.56 Å². The Morgan fingerprint density at radius 3 is 2.52 bits per heavy atom. The van der Waals surface area contributed by atoms with Gasteiger partial charge in [-0.1, -0.05) is 69.0 Å². The number of aliphatic hydroxyl groups is 1. The molecule has 2 rings (SSSR count). The largest absolute Gasteiger partial charge is 0.481 e. The van der Waals surface area contributed by atoms with Gasteiger partial charge in [0.25, 0.3) is 0 Å². The molecular formula is C23H32O4. The minimum Gasteiger partial charge on any atom is -0.481 e. The Morgan fingerprint density at radius 1 is 1.15 bits per heavy atom. The predicted octanol–water partition coefficient (Wildman–Crippen LogP) is 4.64. The highest BCUT2D eigenvalue weighted by Crippen LogP contribution is 2.34. The van der Waals surface area contributed by atoms with Crippen LogP contribution in [0.4, 0.5) is 0 Å². The van der Waals surface area contributed by atoms with Crippen molar-refractivity contribution >= 4 is 17.8 Å². The van der Waals surface area contributed by atoms with Crippen molar-refractivity contribution in [1.29, 1.82) is 0 Å². The van der Waals surface area contributed by atoms with Gasteiger partial charge in [-0.3, -0.25) is 9.59 Å². The van der Waals surface area contributed by atoms with Gasteiger partial charge in [-0.25, -0.2) is 0 Å². The van der Waals surface area contributed by atoms with Crippen LogP contribution in [-0.4, -0.2) is 28.1 Å². The van der Waals surface area contributed by atoms with Gasteiger partial charge in [0.05, 0.1) is 0 Å². The summed E-state index contributed by atoms with van der Waals surface area (Å²) in [6, 6.07) is 8.50. The quantitative estimate of drug-likeness (QED) is 0.555. The van der Waals surface area contributed by atoms with E-state index in [1.54, 1.807) is 0 Å². The molecule has 1 aliphatic rings. The summed E-state index contributed by atoms with van der Waals surface area (Å²) in [5.41, 5.74) is 2.46. The SMILES string of the molecule is CCCc1ccc(/C=C/C2CC(O)C(=O)C2CCCCCCC(=O)O)cc1. The summed E-state index contributed by atoms with van der Waals surface area (Å²) in [5.74, 6) is -0.817. The Hall–Kier alpha value is -1.94. The van der Waals surface area contributed by atoms with E-state index < -0.39 is 12.1 Å². The molecule has 3 atom stereocenters. The molecule has 1 aliphatic carbocycles. The number of carboxylic acid groups (broad SMARTS) is 1. The summed E-state index contributed by atoms with van der Waals surface area (Å²) in [5, 5.41) is 18.6. The summed E-state index contributed by atoms with van der Waals surface area (Å²) in [4.78, 5) is 22.8. The zero-order valence-electron chi connectivity index (χ0n) is 16.3. The van der Waals surface area contributed by atoms with Crippen LogP contribution in [0.1, 0.15) is 69.4 Å². The molecule has 0 aliphatic heterocycles. The molecule has 0 heterocycles. The maximum atomic E-state index is 12.3. The predicted molar refractivity (Wildman–Crippen MR) is 107 cm³/mol. The Balaban J connectivity index is 1.85. The van der Waals surface area contributed by atoms with E-state index >= 15 is 0 Å². The second kappa shape index (κ2) is 11.0. The highest BCUT2D eigenvalue weighted by Gasteiger charge is 2.39. The van der Waals surface area contributed by atoms with Crippen LogP contribution in [0, 0.1) is 11.8 Å². The molecule has 1 fully saturated rings. The number of hydrogen-bond donors (Lipinski definition) is 2. The van der Waals surface area contributed by atoms with Gasteiger partial charge >= 0.3 is 5.97 Å². The summed E-state index contributed by atoms with van der Waals surface area (Å²) >= 11 is 0. The number of aliphatic hydroxyl groups excluding tert-OH is 1. The Labute approximate surface area is 162 Å². The molecular weight excluding hydrogens is 340 g/mol. The molecule has 2 N–H and O–H groups in total. The highest BCUT2D eigenvalue weighted by molar-refractivity contribution is 5.88. The van der Waals surface area contributed by atoms with Gasteiger partial charge < -0.3 is 10.2 Å². The van der Waals surface area contributed by atoms with Crippen LogP contribution >= 0.6 is 0 Å². The van der Waals surface area contributed by atoms with Crippen molar-refractivity contribution in [3.8, 4) is 0 Å². The molecule has 0 spiro atoms. The van der Waals surface area contributed by atoms with E-state index in [9.17, 15) is 14.7 Å². The van der Waals surface area contributed by atoms with Crippen LogP contribution in [0.5, 0.6) is 0 Å². The number of aryl methyl sites for hydroxylation is 1. The number of ketones is 1. The third-order valence-electron chi connectivity index (χ3n) is 5.42. The third kappa shape index (κ3) is 6.94. The minimum atomic E-state index is -0.844. The van der Waals surface area contributed by atoms with Crippen LogP contribution in [0.3, 0.4) is 0 Å². The first-order valence-electron chi connectivity index (χ1n) is 10.2. The van der Waals surface area contributed by atoms with Crippen molar-refractivity contribution in [3.05, 3.63) is 41.5 Å². The molecule has 4 nitrogen and oxygen atoms in total. The van der Waals surface area contributed by atoms with E-state index in [-0.39, 0.29) is 24.0 Å². The summed E-state index contributed by atoms with van der Waals surface area (Å²) < 4.78 is 0. The smallest absolute Gasteiger partial charge is 0.303 e. The van der Waals surface area contributed by atoms with Crippen LogP contribution < -0.4 is 0 Å². The second-order valence-corrected chi connectivity index (χ2v) is 7.62. The topological polar surface area (TPSA) is 74.6 Å². The Kier molecular flexibility index (Phi) is 8.73. The zero-order valence-corrected chi connectivity index (χ0v) is 16.3. The zero-order chi connectivity index (χ0) is 19.6. The van der Waals surface area contributed by atoms with Gasteiger partial charge in [-0.15, -0.1) is 0 Å². The van der Waals surface area contributed by atoms with Crippen LogP contribution in [-0.2, 0) is 16.0 Å². The molecule has 3 unspecified atom stereocenters. The van der Waals surface area contributed by atoms with E-state index in [0.717, 1.165) is 44.1 Å². The van der Waals surface area contributed by atoms with E-state index in [0.29, 0.717) is 12.8 Å². The van der Waals surface area contributed by atoms with Gasteiger partial charge in [0.15, 0.2) is 5.78 Å². The third-order valence-corrected chi connectivity index (χ3v) is 5.42. The number of aliphatic carboxylic acids is 1. The maximum absolute atomic E-state index is 12.3. The molecule has 0 radical (unpaired) electrons. The molecule has 0 amide bonds. The van der Waals surface area contributed by atoms with Gasteiger partial charge in [-0.05, 0) is 42.7 Å². The molecule has 148 valence electrons. The monoisotopic (exact) mass is 372 g/mol. The van der Waals surface area contributed by atoms with Gasteiger partial charge in [0.2, 0.25) is 0 Å². The number of carbonyl (C=O) groups is 2. The summed E-state index contributed by atoms with van der Waals surface area (Å²) in [7, 11) is 0. The Morgan fingerprint density at radius 2 is 1.85 bits per heavy atom. The highest BCUT2D eigenvalue weighted by atomic mass is 16.4. The number of allylic oxidation sites excluding steroid dienone is 1. The molecule has 4 heteroatoms. The van der Waals surface area contributed by atoms with E-state index in [2.05, 4.69) is 43.3 Å². The first kappa shape index (κ1) is 21.4. The lowest BCUT2D eigenvalue weighted by atomic mass is 9.89. The van der Waals surface area contributed by atoms with Crippen LogP contribution in [0.15, 0.2) is 30.3 Å². The standard InChI is InChI=1S/C23H32O4/c1-2-7-17-10-12-18(13-11-17)14-15-19-16-21(24)23(27)20(19)8-5-3-4-6-9-22(25)26/h10-15,19-21,24H,2-9,16H2,1H3,(H,25,26)/b15-14+. The lowest BCUT2D eigenvalue weighted by Gasteiger charge is -2.14. The number of unbranched alkanes of at least 4 members (excludes halogenated alkanes) is 3. The second-order valence-electron chi connectivity index (χ2n) is 7.62. The fraction of sp³-hybridized carbons (Fsp3) is 0.565. The minimum absolute atomic E-state index is 0.0338. The number of rotatable bonds is 11. The lowest BCUT2D eigenvalue weighted by Crippen LogP contribution is -2.19. The molecule has 1 aromatic carbocycles. The normalized spacial score (nSPS) is 22.6. The number of carbonyl (C=O) groups excluding carboxylic acids is 1. The number of benzene rings is 1. The lowest BCUT2D eigenvalue weighted by molar-refractivity contribution is -0.137. The fourth-order valence-electron chi connectivity index (χ4n) is 3.88. The Bertz CT molecular complexity index is 632. The average Bonchev–Trinajstić information content (AvgIpc) is 2.91. The van der Waals surface area contributed by atoms with Gasteiger partial charge in [-0.2, -0.15) is 0 Å². The van der Waals surface area contributed by atoms with Crippen LogP contribution in [0.2, 0.25) is 0 Å². The first-order chi connectivity index (χ1) is 13.0. The molecule has 0 aromatic heterocycles. The van der Waals surface area contributed by atoms with Gasteiger partial charge in [0, 0.05) is 12.3 Å². The molecule has 27 heavy (non-hydrogen) atoms. The summed E-state index contributed by atoms with van der Waals surface area (Å²) in [6.45, 7) is 2.17. The van der Waals surface area contributed by atoms with Gasteiger partial charge in [0.1, 0.15) is 6.10 Å². The van der Waals surface area contributed by atoms with Crippen LogP contribution in [0.25, 0.3) is 6.08 Å². The number of Topliss-reactive ketones (excluding diaryl/α,β-unsaturated/α-hetero) is 1. The maximum Gasteiger partial charge on any atom is 0.303 e. The van der Waals surface area contributed by atoms with Crippen molar-refractivity contribution in [2.24, 2.45) is 11.8 Å². The van der Waals surface area contributed by atoms with E-state index in [4.69, 9.17) is 5.11 Å². The fourth-order valence-corrected chi connectivity index (χ4v) is 3.88. The van der Waals surface area contributed by atoms with Crippen molar-refractivity contribution in [2.45, 2.75) is 70.8 Å². The van der Waals surface area contributed by atoms with Crippen molar-refractivity contribution in [2.75, 3.05) is 0 Å². The van der Waals surface area contributed by atoms with Crippen molar-refractivity contribution in [3.63, 3.8) is 0 Å². The summed E-state index contributed by atoms with van der Waals surface area (Å²) in [6.07, 6.45) is 10.4. The van der Waals surface area contributed by atoms with Crippen molar-refractivity contribution in [1.82, 2.24) is 0 Å². The average molecular weight is 373 g/mol. The molecule has 1 aromatic rings. The number of hydrogen-bond acceptors (Lipinski definition) is 3. The molecule has 0 bridgehead atoms. The first-order valence-corrected chi connectivity index (χ1v) is 10.2. The van der Waals surface area contributed by atoms with E-state index in [1.807, 2.05) is 0 Å².